The second kappa shape index (κ2) is 21.0. The Morgan fingerprint density at radius 3 is 1.51 bits per heavy atom. The molecule has 2 fully saturated rings. The molecule has 51 heavy (non-hydrogen) atoms. The molecule has 2 aromatic rings. The number of nitrogens with one attached hydrogen (secondary N) is 5. The van der Waals surface area contributed by atoms with Gasteiger partial charge in [0.25, 0.3) is 0 Å². The maximum Gasteiger partial charge on any atom is 0.407 e. The van der Waals surface area contributed by atoms with Crippen LogP contribution in [0.1, 0.15) is 97.0 Å². The second-order valence-electron chi connectivity index (χ2n) is 14.7. The van der Waals surface area contributed by atoms with E-state index in [1.165, 1.54) is 19.4 Å². The molecule has 0 saturated carbocycles. The van der Waals surface area contributed by atoms with Crippen LogP contribution in [0, 0.1) is 0 Å². The van der Waals surface area contributed by atoms with Crippen LogP contribution in [-0.4, -0.2) is 84.7 Å². The van der Waals surface area contributed by atoms with E-state index in [9.17, 15) is 24.0 Å². The minimum absolute atomic E-state index is 0.0627. The Balaban J connectivity index is 0.000000292. The fourth-order valence-corrected chi connectivity index (χ4v) is 5.15. The maximum absolute atomic E-state index is 11.8. The second-order valence-corrected chi connectivity index (χ2v) is 14.7. The van der Waals surface area contributed by atoms with Crippen molar-refractivity contribution in [2.75, 3.05) is 36.8 Å². The van der Waals surface area contributed by atoms with E-state index < -0.39 is 11.2 Å². The molecule has 0 aliphatic carbocycles. The molecule has 13 heteroatoms. The van der Waals surface area contributed by atoms with Crippen molar-refractivity contribution in [3.8, 4) is 0 Å². The van der Waals surface area contributed by atoms with Crippen LogP contribution in [0.3, 0.4) is 0 Å². The molecular formula is C38H58N6O7. The Morgan fingerprint density at radius 2 is 1.12 bits per heavy atom. The van der Waals surface area contributed by atoms with E-state index in [1.807, 2.05) is 65.8 Å². The Kier molecular flexibility index (Phi) is 17.6. The van der Waals surface area contributed by atoms with E-state index >= 15 is 0 Å². The molecule has 4 amide bonds. The summed E-state index contributed by atoms with van der Waals surface area (Å²) in [6, 6.07) is 15.0. The van der Waals surface area contributed by atoms with E-state index in [-0.39, 0.29) is 36.1 Å². The van der Waals surface area contributed by atoms with Gasteiger partial charge in [-0.1, -0.05) is 12.1 Å². The quantitative estimate of drug-likeness (QED) is 0.221. The van der Waals surface area contributed by atoms with Gasteiger partial charge in [-0.05, 0) is 122 Å². The van der Waals surface area contributed by atoms with Gasteiger partial charge >= 0.3 is 12.2 Å². The zero-order valence-electron chi connectivity index (χ0n) is 31.5. The van der Waals surface area contributed by atoms with Gasteiger partial charge in [-0.2, -0.15) is 0 Å². The van der Waals surface area contributed by atoms with Crippen molar-refractivity contribution < 1.29 is 33.4 Å². The number of nitrogens with zero attached hydrogens (tertiary/aromatic N) is 1. The summed E-state index contributed by atoms with van der Waals surface area (Å²) in [6.07, 6.45) is 3.94. The molecule has 0 radical (unpaired) electrons. The first-order chi connectivity index (χ1) is 23.9. The van der Waals surface area contributed by atoms with Crippen molar-refractivity contribution in [1.29, 1.82) is 0 Å². The first kappa shape index (κ1) is 42.7. The number of piperidine rings is 2. The van der Waals surface area contributed by atoms with Crippen LogP contribution >= 0.6 is 0 Å². The summed E-state index contributed by atoms with van der Waals surface area (Å²) >= 11 is 0. The fraction of sp³-hybridized carbons (Fsp3) is 0.553. The maximum atomic E-state index is 11.8. The predicted molar refractivity (Wildman–Crippen MR) is 200 cm³/mol. The first-order valence-electron chi connectivity index (χ1n) is 17.5. The van der Waals surface area contributed by atoms with Crippen LogP contribution < -0.4 is 26.6 Å². The van der Waals surface area contributed by atoms with Crippen molar-refractivity contribution in [1.82, 2.24) is 20.9 Å². The molecule has 2 aliphatic rings. The lowest BCUT2D eigenvalue weighted by molar-refractivity contribution is -0.115. The molecule has 5 N–H and O–H groups in total. The summed E-state index contributed by atoms with van der Waals surface area (Å²) in [5, 5.41) is 14.4. The van der Waals surface area contributed by atoms with E-state index in [1.54, 1.807) is 24.3 Å². The zero-order chi connectivity index (χ0) is 38.0. The number of likely N-dealkylation sites (tertiary alicyclic amines) is 1. The number of benzene rings is 2. The Hall–Kier alpha value is -4.49. The molecule has 2 aliphatic heterocycles. The molecule has 0 spiro atoms. The zero-order valence-corrected chi connectivity index (χ0v) is 31.5. The smallest absolute Gasteiger partial charge is 0.407 e. The molecular weight excluding hydrogens is 652 g/mol. The van der Waals surface area contributed by atoms with Gasteiger partial charge in [0, 0.05) is 62.5 Å². The van der Waals surface area contributed by atoms with Gasteiger partial charge in [0.2, 0.25) is 11.8 Å². The standard InChI is InChI=1S/C19H29N3O3.C10H20N2O2.C9H9NO2/c1-14(23)20-16-7-5-15(6-8-16)13-22-11-9-17(10-12-22)21-18(24)25-19(2,3)4;1-10(2,3)14-9(13)12-8-4-6-11-7-5-8;1-7(12)10-9-4-2-8(6-11)3-5-9/h5-8,17H,9-13H2,1-4H3,(H,20,23)(H,21,24);8,11H,4-7H2,1-3H3,(H,12,13);2-6H,1H3,(H,10,12). The van der Waals surface area contributed by atoms with Crippen LogP contribution in [0.2, 0.25) is 0 Å². The van der Waals surface area contributed by atoms with Gasteiger partial charge in [0.15, 0.2) is 0 Å². The summed E-state index contributed by atoms with van der Waals surface area (Å²) in [6.45, 7) is 18.9. The SMILES string of the molecule is CC(=O)Nc1ccc(C=O)cc1.CC(=O)Nc1ccc(CN2CCC(NC(=O)OC(C)(C)C)CC2)cc1.CC(C)(C)OC(=O)NC1CCNCC1. The molecule has 2 saturated heterocycles. The van der Waals surface area contributed by atoms with Gasteiger partial charge in [0.1, 0.15) is 17.5 Å². The lowest BCUT2D eigenvalue weighted by atomic mass is 10.0. The normalized spacial score (nSPS) is 15.4. The number of hydrogen-bond donors (Lipinski definition) is 5. The van der Waals surface area contributed by atoms with Gasteiger partial charge < -0.3 is 36.1 Å². The Morgan fingerprint density at radius 1 is 0.706 bits per heavy atom. The number of aldehydes is 1. The van der Waals surface area contributed by atoms with Crippen molar-refractivity contribution in [2.24, 2.45) is 0 Å². The number of amides is 4. The molecule has 282 valence electrons. The minimum atomic E-state index is -0.464. The molecule has 0 atom stereocenters. The molecule has 0 bridgehead atoms. The molecule has 0 unspecified atom stereocenters. The lowest BCUT2D eigenvalue weighted by Crippen LogP contribution is -2.45. The third-order valence-corrected chi connectivity index (χ3v) is 7.42. The third-order valence-electron chi connectivity index (χ3n) is 7.42. The van der Waals surface area contributed by atoms with Crippen LogP contribution in [0.15, 0.2) is 48.5 Å². The minimum Gasteiger partial charge on any atom is -0.444 e. The van der Waals surface area contributed by atoms with Gasteiger partial charge in [-0.15, -0.1) is 0 Å². The molecule has 2 heterocycles. The van der Waals surface area contributed by atoms with E-state index in [2.05, 4.69) is 31.5 Å². The van der Waals surface area contributed by atoms with Crippen molar-refractivity contribution in [3.63, 3.8) is 0 Å². The van der Waals surface area contributed by atoms with Crippen LogP contribution in [0.25, 0.3) is 0 Å². The van der Waals surface area contributed by atoms with Crippen LogP contribution in [-0.2, 0) is 25.6 Å². The Bertz CT molecular complexity index is 1390. The fourth-order valence-electron chi connectivity index (χ4n) is 5.15. The molecule has 4 rings (SSSR count). The highest BCUT2D eigenvalue weighted by Gasteiger charge is 2.24. The van der Waals surface area contributed by atoms with Gasteiger partial charge in [-0.25, -0.2) is 9.59 Å². The number of anilines is 2. The average Bonchev–Trinajstić information content (AvgIpc) is 3.02. The lowest BCUT2D eigenvalue weighted by Gasteiger charge is -2.32. The summed E-state index contributed by atoms with van der Waals surface area (Å²) in [4.78, 5) is 57.5. The number of rotatable bonds is 7. The van der Waals surface area contributed by atoms with E-state index in [4.69, 9.17) is 9.47 Å². The summed E-state index contributed by atoms with van der Waals surface area (Å²) < 4.78 is 10.5. The van der Waals surface area contributed by atoms with E-state index in [0.29, 0.717) is 11.3 Å². The topological polar surface area (TPSA) is 167 Å². The number of carbonyl (C=O) groups excluding carboxylic acids is 5. The first-order valence-corrected chi connectivity index (χ1v) is 17.5. The van der Waals surface area contributed by atoms with Crippen molar-refractivity contribution in [3.05, 3.63) is 59.7 Å². The molecule has 2 aromatic carbocycles. The average molecular weight is 711 g/mol. The Labute approximate surface area is 303 Å². The number of ether oxygens (including phenoxy) is 2. The highest BCUT2D eigenvalue weighted by Crippen LogP contribution is 2.17. The number of alkyl carbamates (subject to hydrolysis) is 2. The highest BCUT2D eigenvalue weighted by atomic mass is 16.6. The van der Waals surface area contributed by atoms with Gasteiger partial charge in [-0.3, -0.25) is 19.3 Å². The van der Waals surface area contributed by atoms with Crippen LogP contribution in [0.5, 0.6) is 0 Å². The van der Waals surface area contributed by atoms with Crippen molar-refractivity contribution in [2.45, 2.75) is 111 Å². The number of carbonyl (C=O) groups is 5. The number of hydrogen-bond acceptors (Lipinski definition) is 9. The largest absolute Gasteiger partial charge is 0.444 e. The monoisotopic (exact) mass is 710 g/mol. The molecule has 13 nitrogen and oxygen atoms in total. The predicted octanol–water partition coefficient (Wildman–Crippen LogP) is 5.85. The molecule has 0 aromatic heterocycles. The van der Waals surface area contributed by atoms with Gasteiger partial charge in [0.05, 0.1) is 0 Å². The highest BCUT2D eigenvalue weighted by molar-refractivity contribution is 5.89. The van der Waals surface area contributed by atoms with Crippen molar-refractivity contribution >= 4 is 41.7 Å². The van der Waals surface area contributed by atoms with E-state index in [0.717, 1.165) is 70.4 Å². The summed E-state index contributed by atoms with van der Waals surface area (Å²) in [5.41, 5.74) is 2.46. The summed E-state index contributed by atoms with van der Waals surface area (Å²) in [5.74, 6) is -0.179. The third kappa shape index (κ3) is 20.1. The summed E-state index contributed by atoms with van der Waals surface area (Å²) in [7, 11) is 0. The van der Waals surface area contributed by atoms with Crippen LogP contribution in [0.4, 0.5) is 21.0 Å².